The van der Waals surface area contributed by atoms with E-state index in [9.17, 15) is 0 Å². The fraction of sp³-hybridized carbons (Fsp3) is 0.154. The minimum atomic E-state index is 0.461. The molecule has 0 fully saturated rings. The van der Waals surface area contributed by atoms with Crippen molar-refractivity contribution in [3.63, 3.8) is 0 Å². The summed E-state index contributed by atoms with van der Waals surface area (Å²) in [6.07, 6.45) is 0. The number of nitrogens with zero attached hydrogens (tertiary/aromatic N) is 1. The van der Waals surface area contributed by atoms with Gasteiger partial charge in [-0.2, -0.15) is 5.26 Å². The smallest absolute Gasteiger partial charge is 0.0992 e. The number of ether oxygens (including phenoxy) is 1. The van der Waals surface area contributed by atoms with Gasteiger partial charge in [-0.05, 0) is 29.1 Å². The summed E-state index contributed by atoms with van der Waals surface area (Å²) in [5.74, 6) is 0. The Balaban J connectivity index is 1.93. The molecule has 0 aliphatic heterocycles. The highest BCUT2D eigenvalue weighted by molar-refractivity contribution is 7.09. The molecule has 2 aromatic rings. The van der Waals surface area contributed by atoms with Crippen LogP contribution in [0.2, 0.25) is 5.02 Å². The Kier molecular flexibility index (Phi) is 4.16. The Morgan fingerprint density at radius 2 is 2.18 bits per heavy atom. The van der Waals surface area contributed by atoms with Crippen molar-refractivity contribution in [1.29, 1.82) is 5.26 Å². The molecule has 0 spiro atoms. The lowest BCUT2D eigenvalue weighted by Gasteiger charge is -2.05. The van der Waals surface area contributed by atoms with E-state index in [1.807, 2.05) is 29.6 Å². The van der Waals surface area contributed by atoms with E-state index in [4.69, 9.17) is 21.6 Å². The number of hydrogen-bond acceptors (Lipinski definition) is 3. The van der Waals surface area contributed by atoms with Crippen LogP contribution in [0, 0.1) is 11.3 Å². The zero-order valence-corrected chi connectivity index (χ0v) is 10.6. The van der Waals surface area contributed by atoms with Crippen LogP contribution in [0.3, 0.4) is 0 Å². The van der Waals surface area contributed by atoms with Crippen molar-refractivity contribution in [2.24, 2.45) is 0 Å². The van der Waals surface area contributed by atoms with E-state index in [0.29, 0.717) is 23.8 Å². The van der Waals surface area contributed by atoms with Gasteiger partial charge in [0.25, 0.3) is 0 Å². The summed E-state index contributed by atoms with van der Waals surface area (Å²) in [4.78, 5) is 1.19. The molecule has 0 unspecified atom stereocenters. The molecule has 0 N–H and O–H groups in total. The fourth-order valence-corrected chi connectivity index (χ4v) is 2.27. The minimum Gasteiger partial charge on any atom is -0.371 e. The van der Waals surface area contributed by atoms with Crippen LogP contribution >= 0.6 is 22.9 Å². The largest absolute Gasteiger partial charge is 0.371 e. The number of rotatable bonds is 4. The van der Waals surface area contributed by atoms with Gasteiger partial charge in [0.2, 0.25) is 0 Å². The molecule has 2 nitrogen and oxygen atoms in total. The third-order valence-corrected chi connectivity index (χ3v) is 3.47. The lowest BCUT2D eigenvalue weighted by Crippen LogP contribution is -1.93. The highest BCUT2D eigenvalue weighted by atomic mass is 35.5. The molecule has 0 atom stereocenters. The zero-order valence-electron chi connectivity index (χ0n) is 9.02. The van der Waals surface area contributed by atoms with E-state index < -0.39 is 0 Å². The summed E-state index contributed by atoms with van der Waals surface area (Å²) in [6, 6.07) is 11.3. The van der Waals surface area contributed by atoms with Crippen molar-refractivity contribution in [3.8, 4) is 6.07 Å². The quantitative estimate of drug-likeness (QED) is 0.836. The van der Waals surface area contributed by atoms with E-state index in [2.05, 4.69) is 0 Å². The number of hydrogen-bond donors (Lipinski definition) is 0. The normalized spacial score (nSPS) is 10.1. The van der Waals surface area contributed by atoms with Crippen molar-refractivity contribution in [3.05, 3.63) is 56.7 Å². The molecule has 1 heterocycles. The second-order valence-electron chi connectivity index (χ2n) is 3.49. The maximum absolute atomic E-state index is 8.72. The average molecular weight is 264 g/mol. The van der Waals surface area contributed by atoms with Crippen molar-refractivity contribution in [1.82, 2.24) is 0 Å². The van der Waals surface area contributed by atoms with E-state index >= 15 is 0 Å². The van der Waals surface area contributed by atoms with Crippen LogP contribution < -0.4 is 0 Å². The number of nitriles is 1. The molecule has 2 rings (SSSR count). The van der Waals surface area contributed by atoms with Gasteiger partial charge in [-0.3, -0.25) is 0 Å². The second-order valence-corrected chi connectivity index (χ2v) is 4.93. The summed E-state index contributed by atoms with van der Waals surface area (Å²) < 4.78 is 5.56. The Labute approximate surface area is 109 Å². The van der Waals surface area contributed by atoms with Crippen molar-refractivity contribution in [2.75, 3.05) is 0 Å². The number of benzene rings is 1. The average Bonchev–Trinajstić information content (AvgIpc) is 2.84. The molecule has 0 saturated heterocycles. The Hall–Kier alpha value is -1.34. The third-order valence-electron chi connectivity index (χ3n) is 2.26. The second kappa shape index (κ2) is 5.83. The Morgan fingerprint density at radius 1 is 1.29 bits per heavy atom. The fourth-order valence-electron chi connectivity index (χ4n) is 1.39. The Bertz CT molecular complexity index is 531. The van der Waals surface area contributed by atoms with E-state index in [0.717, 1.165) is 5.56 Å². The van der Waals surface area contributed by atoms with Gasteiger partial charge in [0.1, 0.15) is 0 Å². The van der Waals surface area contributed by atoms with Crippen molar-refractivity contribution < 1.29 is 4.74 Å². The van der Waals surface area contributed by atoms with E-state index in [1.54, 1.807) is 23.5 Å². The lowest BCUT2D eigenvalue weighted by molar-refractivity contribution is 0.109. The van der Waals surface area contributed by atoms with Crippen molar-refractivity contribution in [2.45, 2.75) is 13.2 Å². The molecular weight excluding hydrogens is 254 g/mol. The molecule has 0 saturated carbocycles. The number of halogens is 1. The minimum absolute atomic E-state index is 0.461. The summed E-state index contributed by atoms with van der Waals surface area (Å²) in [5, 5.41) is 11.3. The first-order valence-electron chi connectivity index (χ1n) is 5.08. The first-order chi connectivity index (χ1) is 8.29. The van der Waals surface area contributed by atoms with E-state index in [1.165, 1.54) is 4.88 Å². The number of thiophene rings is 1. The summed E-state index contributed by atoms with van der Waals surface area (Å²) >= 11 is 7.71. The Morgan fingerprint density at radius 3 is 2.82 bits per heavy atom. The van der Waals surface area contributed by atoms with E-state index in [-0.39, 0.29) is 0 Å². The maximum Gasteiger partial charge on any atom is 0.0992 e. The molecule has 0 aliphatic carbocycles. The van der Waals surface area contributed by atoms with Gasteiger partial charge in [-0.15, -0.1) is 11.3 Å². The SMILES string of the molecule is N#Cc1ccc(COCc2cccs2)c(Cl)c1. The van der Waals surface area contributed by atoms with Gasteiger partial charge in [-0.1, -0.05) is 23.7 Å². The molecule has 0 radical (unpaired) electrons. The molecule has 1 aromatic heterocycles. The third kappa shape index (κ3) is 3.31. The predicted octanol–water partition coefficient (Wildman–Crippen LogP) is 3.99. The van der Waals surface area contributed by atoms with Crippen LogP contribution in [0.5, 0.6) is 0 Å². The maximum atomic E-state index is 8.72. The first-order valence-corrected chi connectivity index (χ1v) is 6.34. The highest BCUT2D eigenvalue weighted by Crippen LogP contribution is 2.19. The first kappa shape index (κ1) is 12.1. The van der Waals surface area contributed by atoms with Crippen LogP contribution in [0.25, 0.3) is 0 Å². The van der Waals surface area contributed by atoms with Gasteiger partial charge in [0, 0.05) is 9.90 Å². The predicted molar refractivity (Wildman–Crippen MR) is 69.0 cm³/mol. The molecular formula is C13H10ClNOS. The molecule has 1 aromatic carbocycles. The molecule has 0 bridgehead atoms. The van der Waals surface area contributed by atoms with Crippen molar-refractivity contribution >= 4 is 22.9 Å². The molecule has 0 amide bonds. The summed E-state index contributed by atoms with van der Waals surface area (Å²) in [6.45, 7) is 1.05. The van der Waals surface area contributed by atoms with Gasteiger partial charge >= 0.3 is 0 Å². The molecule has 4 heteroatoms. The van der Waals surface area contributed by atoms with Crippen LogP contribution in [-0.4, -0.2) is 0 Å². The zero-order chi connectivity index (χ0) is 12.1. The summed E-state index contributed by atoms with van der Waals surface area (Å²) in [5.41, 5.74) is 1.47. The standard InChI is InChI=1S/C13H10ClNOS/c14-13-6-10(7-15)3-4-11(13)8-16-9-12-2-1-5-17-12/h1-6H,8-9H2. The highest BCUT2D eigenvalue weighted by Gasteiger charge is 2.02. The lowest BCUT2D eigenvalue weighted by atomic mass is 10.1. The molecule has 0 aliphatic rings. The monoisotopic (exact) mass is 263 g/mol. The van der Waals surface area contributed by atoms with Crippen LogP contribution in [0.15, 0.2) is 35.7 Å². The summed E-state index contributed by atoms with van der Waals surface area (Å²) in [7, 11) is 0. The van der Waals surface area contributed by atoms with Crippen LogP contribution in [0.1, 0.15) is 16.0 Å². The van der Waals surface area contributed by atoms with Crippen LogP contribution in [0.4, 0.5) is 0 Å². The van der Waals surface area contributed by atoms with Gasteiger partial charge in [-0.25, -0.2) is 0 Å². The van der Waals surface area contributed by atoms with Gasteiger partial charge in [0.05, 0.1) is 24.8 Å². The van der Waals surface area contributed by atoms with Gasteiger partial charge in [0.15, 0.2) is 0 Å². The topological polar surface area (TPSA) is 33.0 Å². The molecule has 86 valence electrons. The van der Waals surface area contributed by atoms with Gasteiger partial charge < -0.3 is 4.74 Å². The molecule has 17 heavy (non-hydrogen) atoms. The van der Waals surface area contributed by atoms with Crippen LogP contribution in [-0.2, 0) is 18.0 Å².